The first-order chi connectivity index (χ1) is 8.84. The number of nitrogens with zero attached hydrogens (tertiary/aromatic N) is 2. The average Bonchev–Trinajstić information content (AvgIpc) is 2.75. The fourth-order valence-electron chi connectivity index (χ4n) is 2.16. The van der Waals surface area contributed by atoms with Gasteiger partial charge in [-0.1, -0.05) is 30.3 Å². The first-order valence-electron chi connectivity index (χ1n) is 5.98. The fourth-order valence-corrected chi connectivity index (χ4v) is 2.91. The summed E-state index contributed by atoms with van der Waals surface area (Å²) in [6.07, 6.45) is 5.09. The van der Waals surface area contributed by atoms with E-state index in [4.69, 9.17) is 0 Å². The van der Waals surface area contributed by atoms with Crippen molar-refractivity contribution in [2.45, 2.75) is 13.0 Å². The number of hydrogen-bond donors (Lipinski definition) is 0. The molecule has 2 nitrogen and oxygen atoms in total. The molecule has 0 fully saturated rings. The molecule has 0 unspecified atom stereocenters. The molecule has 18 heavy (non-hydrogen) atoms. The normalized spacial score (nSPS) is 10.9. The summed E-state index contributed by atoms with van der Waals surface area (Å²) in [6, 6.07) is 14.7. The summed E-state index contributed by atoms with van der Waals surface area (Å²) < 4.78 is 3.51. The van der Waals surface area contributed by atoms with Gasteiger partial charge in [-0.05, 0) is 46.7 Å². The summed E-state index contributed by atoms with van der Waals surface area (Å²) in [5.74, 6) is 0. The van der Waals surface area contributed by atoms with Crippen molar-refractivity contribution in [3.05, 3.63) is 64.0 Å². The van der Waals surface area contributed by atoms with Crippen molar-refractivity contribution in [1.29, 1.82) is 0 Å². The molecule has 0 saturated heterocycles. The maximum atomic E-state index is 4.43. The molecule has 0 aliphatic heterocycles. The molecule has 90 valence electrons. The number of rotatable bonds is 3. The van der Waals surface area contributed by atoms with Crippen LogP contribution in [0.15, 0.2) is 54.9 Å². The van der Waals surface area contributed by atoms with Crippen LogP contribution in [0.3, 0.4) is 0 Å². The molecule has 1 aromatic carbocycles. The van der Waals surface area contributed by atoms with E-state index in [1.54, 1.807) is 0 Å². The number of pyridine rings is 1. The molecule has 0 atom stereocenters. The van der Waals surface area contributed by atoms with E-state index in [0.29, 0.717) is 0 Å². The van der Waals surface area contributed by atoms with Gasteiger partial charge in [0.05, 0.1) is 9.09 Å². The van der Waals surface area contributed by atoms with Gasteiger partial charge in [-0.25, -0.2) is 0 Å². The Hall–Kier alpha value is -1.36. The molecular formula is C15H13IN2. The third kappa shape index (κ3) is 2.27. The Morgan fingerprint density at radius 2 is 1.89 bits per heavy atom. The number of halogens is 1. The summed E-state index contributed by atoms with van der Waals surface area (Å²) in [7, 11) is 0. The topological polar surface area (TPSA) is 17.8 Å². The fraction of sp³-hybridized carbons (Fsp3) is 0.133. The predicted octanol–water partition coefficient (Wildman–Crippen LogP) is 3.88. The predicted molar refractivity (Wildman–Crippen MR) is 82.6 cm³/mol. The van der Waals surface area contributed by atoms with Crippen LogP contribution in [0.2, 0.25) is 0 Å². The van der Waals surface area contributed by atoms with Gasteiger partial charge in [-0.3, -0.25) is 4.98 Å². The molecule has 2 heterocycles. The Bertz CT molecular complexity index is 659. The van der Waals surface area contributed by atoms with Gasteiger partial charge in [0.2, 0.25) is 0 Å². The van der Waals surface area contributed by atoms with Gasteiger partial charge >= 0.3 is 0 Å². The van der Waals surface area contributed by atoms with Gasteiger partial charge in [-0.2, -0.15) is 0 Å². The van der Waals surface area contributed by atoms with Crippen LogP contribution in [0.1, 0.15) is 5.56 Å². The van der Waals surface area contributed by atoms with Crippen molar-refractivity contribution in [2.75, 3.05) is 0 Å². The molecule has 0 radical (unpaired) electrons. The third-order valence-electron chi connectivity index (χ3n) is 3.08. The van der Waals surface area contributed by atoms with Gasteiger partial charge in [0.1, 0.15) is 5.52 Å². The molecule has 0 saturated carbocycles. The number of fused-ring (bicyclic) bond motifs is 1. The second kappa shape index (κ2) is 5.10. The molecule has 3 heteroatoms. The number of benzene rings is 1. The zero-order chi connectivity index (χ0) is 12.4. The van der Waals surface area contributed by atoms with E-state index < -0.39 is 0 Å². The van der Waals surface area contributed by atoms with E-state index >= 15 is 0 Å². The first kappa shape index (κ1) is 11.7. The van der Waals surface area contributed by atoms with Crippen LogP contribution >= 0.6 is 22.6 Å². The monoisotopic (exact) mass is 348 g/mol. The number of hydrogen-bond acceptors (Lipinski definition) is 1. The van der Waals surface area contributed by atoms with Crippen LogP contribution in [0.4, 0.5) is 0 Å². The van der Waals surface area contributed by atoms with E-state index in [1.165, 1.54) is 14.7 Å². The Labute approximate surface area is 120 Å². The summed E-state index contributed by atoms with van der Waals surface area (Å²) in [6.45, 7) is 0.995. The second-order valence-electron chi connectivity index (χ2n) is 4.28. The Kier molecular flexibility index (Phi) is 3.32. The Balaban J connectivity index is 1.87. The lowest BCUT2D eigenvalue weighted by molar-refractivity contribution is 0.721. The molecule has 0 spiro atoms. The van der Waals surface area contributed by atoms with E-state index in [1.807, 2.05) is 12.3 Å². The summed E-state index contributed by atoms with van der Waals surface area (Å²) in [4.78, 5) is 4.43. The first-order valence-corrected chi connectivity index (χ1v) is 7.06. The van der Waals surface area contributed by atoms with Crippen LogP contribution < -0.4 is 0 Å². The van der Waals surface area contributed by atoms with Crippen LogP contribution in [0.5, 0.6) is 0 Å². The van der Waals surface area contributed by atoms with Gasteiger partial charge in [-0.15, -0.1) is 0 Å². The second-order valence-corrected chi connectivity index (χ2v) is 5.44. The lowest BCUT2D eigenvalue weighted by Crippen LogP contribution is -1.99. The minimum atomic E-state index is 0.995. The largest absolute Gasteiger partial charge is 0.345 e. The standard InChI is InChI=1S/C15H13IN2/c16-13-11-18(14-7-4-9-17-15(13)14)10-8-12-5-2-1-3-6-12/h1-7,9,11H,8,10H2. The highest BCUT2D eigenvalue weighted by Gasteiger charge is 2.06. The lowest BCUT2D eigenvalue weighted by atomic mass is 10.1. The van der Waals surface area contributed by atoms with Gasteiger partial charge in [0.15, 0.2) is 0 Å². The van der Waals surface area contributed by atoms with Gasteiger partial charge in [0, 0.05) is 18.9 Å². The quantitative estimate of drug-likeness (QED) is 0.657. The van der Waals surface area contributed by atoms with Gasteiger partial charge < -0.3 is 4.57 Å². The molecule has 3 rings (SSSR count). The van der Waals surface area contributed by atoms with Crippen LogP contribution in [0, 0.1) is 3.57 Å². The van der Waals surface area contributed by atoms with E-state index in [0.717, 1.165) is 18.5 Å². The zero-order valence-electron chi connectivity index (χ0n) is 9.88. The molecule has 2 aromatic heterocycles. The molecule has 0 aliphatic rings. The van der Waals surface area contributed by atoms with Crippen molar-refractivity contribution < 1.29 is 0 Å². The Morgan fingerprint density at radius 3 is 2.72 bits per heavy atom. The molecule has 0 amide bonds. The summed E-state index contributed by atoms with van der Waals surface area (Å²) in [5.41, 5.74) is 3.70. The van der Waals surface area contributed by atoms with Crippen molar-refractivity contribution in [3.8, 4) is 0 Å². The van der Waals surface area contributed by atoms with Crippen LogP contribution in [-0.4, -0.2) is 9.55 Å². The highest BCUT2D eigenvalue weighted by atomic mass is 127. The zero-order valence-corrected chi connectivity index (χ0v) is 12.0. The van der Waals surface area contributed by atoms with Crippen molar-refractivity contribution in [1.82, 2.24) is 9.55 Å². The Morgan fingerprint density at radius 1 is 1.06 bits per heavy atom. The maximum Gasteiger partial charge on any atom is 0.101 e. The SMILES string of the molecule is Ic1cn(CCc2ccccc2)c2cccnc12. The highest BCUT2D eigenvalue weighted by Crippen LogP contribution is 2.20. The number of aromatic nitrogens is 2. The third-order valence-corrected chi connectivity index (χ3v) is 3.86. The van der Waals surface area contributed by atoms with Crippen LogP contribution in [-0.2, 0) is 13.0 Å². The average molecular weight is 348 g/mol. The minimum absolute atomic E-state index is 0.995. The molecule has 3 aromatic rings. The number of aryl methyl sites for hydroxylation is 2. The van der Waals surface area contributed by atoms with Gasteiger partial charge in [0.25, 0.3) is 0 Å². The molecule has 0 aliphatic carbocycles. The minimum Gasteiger partial charge on any atom is -0.345 e. The van der Waals surface area contributed by atoms with Crippen molar-refractivity contribution in [2.24, 2.45) is 0 Å². The molecule has 0 N–H and O–H groups in total. The van der Waals surface area contributed by atoms with E-state index in [9.17, 15) is 0 Å². The lowest BCUT2D eigenvalue weighted by Gasteiger charge is -2.05. The van der Waals surface area contributed by atoms with E-state index in [-0.39, 0.29) is 0 Å². The summed E-state index contributed by atoms with van der Waals surface area (Å²) >= 11 is 2.35. The highest BCUT2D eigenvalue weighted by molar-refractivity contribution is 14.1. The van der Waals surface area contributed by atoms with E-state index in [2.05, 4.69) is 74.7 Å². The van der Waals surface area contributed by atoms with Crippen molar-refractivity contribution >= 4 is 33.6 Å². The molecular weight excluding hydrogens is 335 g/mol. The van der Waals surface area contributed by atoms with Crippen LogP contribution in [0.25, 0.3) is 11.0 Å². The van der Waals surface area contributed by atoms with Crippen molar-refractivity contribution in [3.63, 3.8) is 0 Å². The molecule has 0 bridgehead atoms. The summed E-state index contributed by atoms with van der Waals surface area (Å²) in [5, 5.41) is 0. The maximum absolute atomic E-state index is 4.43. The smallest absolute Gasteiger partial charge is 0.101 e.